The molecule has 100 valence electrons. The van der Waals surface area contributed by atoms with E-state index >= 15 is 0 Å². The van der Waals surface area contributed by atoms with E-state index in [1.807, 2.05) is 0 Å². The molecular weight excluding hydrogens is 208 g/mol. The van der Waals surface area contributed by atoms with Gasteiger partial charge in [0.2, 0.25) is 0 Å². The minimum atomic E-state index is 0.694. The fraction of sp³-hybridized carbons (Fsp3) is 1.00. The van der Waals surface area contributed by atoms with Gasteiger partial charge in [0, 0.05) is 18.1 Å². The molecule has 1 aliphatic carbocycles. The van der Waals surface area contributed by atoms with Gasteiger partial charge < -0.3 is 10.2 Å². The molecule has 0 aromatic rings. The molecule has 1 N–H and O–H groups in total. The van der Waals surface area contributed by atoms with E-state index in [-0.39, 0.29) is 0 Å². The molecule has 4 atom stereocenters. The van der Waals surface area contributed by atoms with Crippen molar-refractivity contribution in [1.29, 1.82) is 0 Å². The Morgan fingerprint density at radius 1 is 1.06 bits per heavy atom. The van der Waals surface area contributed by atoms with Gasteiger partial charge in [0.1, 0.15) is 0 Å². The van der Waals surface area contributed by atoms with Gasteiger partial charge in [-0.2, -0.15) is 0 Å². The van der Waals surface area contributed by atoms with E-state index in [9.17, 15) is 0 Å². The summed E-state index contributed by atoms with van der Waals surface area (Å²) in [6.45, 7) is 9.74. The van der Waals surface area contributed by atoms with E-state index in [0.29, 0.717) is 6.04 Å². The van der Waals surface area contributed by atoms with Crippen molar-refractivity contribution in [2.75, 3.05) is 13.1 Å². The molecule has 2 nitrogen and oxygen atoms in total. The van der Waals surface area contributed by atoms with Crippen molar-refractivity contribution in [3.63, 3.8) is 0 Å². The normalized spacial score (nSPS) is 41.1. The molecule has 1 aliphatic heterocycles. The first kappa shape index (κ1) is 13.4. The zero-order chi connectivity index (χ0) is 12.3. The maximum Gasteiger partial charge on any atom is 0.0121 e. The Morgan fingerprint density at radius 2 is 1.82 bits per heavy atom. The lowest BCUT2D eigenvalue weighted by molar-refractivity contribution is 0.136. The first-order chi connectivity index (χ1) is 8.20. The van der Waals surface area contributed by atoms with Crippen LogP contribution in [-0.4, -0.2) is 36.1 Å². The summed E-state index contributed by atoms with van der Waals surface area (Å²) in [7, 11) is 0. The van der Waals surface area contributed by atoms with Crippen LogP contribution in [0.5, 0.6) is 0 Å². The Bertz CT molecular complexity index is 229. The van der Waals surface area contributed by atoms with Crippen molar-refractivity contribution in [3.8, 4) is 0 Å². The molecule has 1 saturated carbocycles. The van der Waals surface area contributed by atoms with Crippen molar-refractivity contribution < 1.29 is 0 Å². The highest BCUT2D eigenvalue weighted by molar-refractivity contribution is 4.86. The van der Waals surface area contributed by atoms with Crippen LogP contribution in [0, 0.1) is 5.92 Å². The molecule has 1 saturated heterocycles. The van der Waals surface area contributed by atoms with E-state index < -0.39 is 0 Å². The van der Waals surface area contributed by atoms with Gasteiger partial charge in [0.15, 0.2) is 0 Å². The predicted octanol–water partition coefficient (Wildman–Crippen LogP) is 3.03. The Hall–Kier alpha value is -0.0800. The molecule has 2 aliphatic rings. The highest BCUT2D eigenvalue weighted by Crippen LogP contribution is 2.30. The average Bonchev–Trinajstić information content (AvgIpc) is 2.71. The molecule has 2 rings (SSSR count). The van der Waals surface area contributed by atoms with Crippen molar-refractivity contribution in [1.82, 2.24) is 10.2 Å². The van der Waals surface area contributed by atoms with E-state index in [2.05, 4.69) is 31.0 Å². The standard InChI is InChI=1S/C15H30N2/c1-4-14-9-11-17(10-8-13(3)16-14)15-7-5-6-12(15)2/h12-16H,4-11H2,1-3H3. The molecular formula is C15H30N2. The van der Waals surface area contributed by atoms with Crippen LogP contribution in [0.2, 0.25) is 0 Å². The van der Waals surface area contributed by atoms with Gasteiger partial charge in [-0.05, 0) is 58.0 Å². The van der Waals surface area contributed by atoms with E-state index in [4.69, 9.17) is 0 Å². The molecule has 0 spiro atoms. The first-order valence-electron chi connectivity index (χ1n) is 7.70. The maximum absolute atomic E-state index is 3.76. The second kappa shape index (κ2) is 6.19. The zero-order valence-corrected chi connectivity index (χ0v) is 11.9. The molecule has 0 bridgehead atoms. The van der Waals surface area contributed by atoms with Gasteiger partial charge in [-0.1, -0.05) is 20.3 Å². The molecule has 4 unspecified atom stereocenters. The number of rotatable bonds is 2. The highest BCUT2D eigenvalue weighted by Gasteiger charge is 2.30. The van der Waals surface area contributed by atoms with Gasteiger partial charge in [0.05, 0.1) is 0 Å². The summed E-state index contributed by atoms with van der Waals surface area (Å²) in [5, 5.41) is 3.76. The fourth-order valence-electron chi connectivity index (χ4n) is 3.68. The van der Waals surface area contributed by atoms with E-state index in [1.54, 1.807) is 0 Å². The summed E-state index contributed by atoms with van der Waals surface area (Å²) in [4.78, 5) is 2.80. The Labute approximate surface area is 107 Å². The third-order valence-corrected chi connectivity index (χ3v) is 4.91. The fourth-order valence-corrected chi connectivity index (χ4v) is 3.68. The second-order valence-corrected chi connectivity index (χ2v) is 6.26. The Balaban J connectivity index is 1.93. The van der Waals surface area contributed by atoms with E-state index in [0.717, 1.165) is 18.0 Å². The van der Waals surface area contributed by atoms with Gasteiger partial charge >= 0.3 is 0 Å². The lowest BCUT2D eigenvalue weighted by Crippen LogP contribution is -2.47. The minimum Gasteiger partial charge on any atom is -0.311 e. The van der Waals surface area contributed by atoms with Crippen LogP contribution in [0.25, 0.3) is 0 Å². The monoisotopic (exact) mass is 238 g/mol. The Kier molecular flexibility index (Phi) is 4.87. The van der Waals surface area contributed by atoms with Crippen LogP contribution in [0.15, 0.2) is 0 Å². The predicted molar refractivity (Wildman–Crippen MR) is 74.3 cm³/mol. The van der Waals surface area contributed by atoms with Gasteiger partial charge in [-0.15, -0.1) is 0 Å². The molecule has 1 heterocycles. The SMILES string of the molecule is CCC1CCN(C2CCCC2C)CCC(C)N1. The van der Waals surface area contributed by atoms with Gasteiger partial charge in [-0.3, -0.25) is 0 Å². The van der Waals surface area contributed by atoms with Crippen LogP contribution < -0.4 is 5.32 Å². The molecule has 0 aromatic carbocycles. The highest BCUT2D eigenvalue weighted by atomic mass is 15.2. The zero-order valence-electron chi connectivity index (χ0n) is 11.9. The third kappa shape index (κ3) is 3.45. The minimum absolute atomic E-state index is 0.694. The largest absolute Gasteiger partial charge is 0.311 e. The molecule has 17 heavy (non-hydrogen) atoms. The summed E-state index contributed by atoms with van der Waals surface area (Å²) in [5.41, 5.74) is 0. The smallest absolute Gasteiger partial charge is 0.0121 e. The quantitative estimate of drug-likeness (QED) is 0.795. The molecule has 0 radical (unpaired) electrons. The van der Waals surface area contributed by atoms with Crippen molar-refractivity contribution >= 4 is 0 Å². The number of hydrogen-bond acceptors (Lipinski definition) is 2. The van der Waals surface area contributed by atoms with Crippen LogP contribution in [0.4, 0.5) is 0 Å². The number of nitrogens with zero attached hydrogens (tertiary/aromatic N) is 1. The lowest BCUT2D eigenvalue weighted by atomic mass is 10.0. The number of nitrogens with one attached hydrogen (secondary N) is 1. The van der Waals surface area contributed by atoms with Crippen LogP contribution in [-0.2, 0) is 0 Å². The molecule has 0 aromatic heterocycles. The maximum atomic E-state index is 3.76. The topological polar surface area (TPSA) is 15.3 Å². The summed E-state index contributed by atoms with van der Waals surface area (Å²) >= 11 is 0. The van der Waals surface area contributed by atoms with Crippen molar-refractivity contribution in [3.05, 3.63) is 0 Å². The van der Waals surface area contributed by atoms with Crippen LogP contribution in [0.3, 0.4) is 0 Å². The van der Waals surface area contributed by atoms with Crippen LogP contribution >= 0.6 is 0 Å². The van der Waals surface area contributed by atoms with Gasteiger partial charge in [-0.25, -0.2) is 0 Å². The second-order valence-electron chi connectivity index (χ2n) is 6.26. The average molecular weight is 238 g/mol. The third-order valence-electron chi connectivity index (χ3n) is 4.91. The summed E-state index contributed by atoms with van der Waals surface area (Å²) in [6.07, 6.45) is 8.28. The van der Waals surface area contributed by atoms with Crippen molar-refractivity contribution in [2.24, 2.45) is 5.92 Å². The lowest BCUT2D eigenvalue weighted by Gasteiger charge is -2.37. The first-order valence-corrected chi connectivity index (χ1v) is 7.70. The Morgan fingerprint density at radius 3 is 2.47 bits per heavy atom. The van der Waals surface area contributed by atoms with E-state index in [1.165, 1.54) is 51.6 Å². The summed E-state index contributed by atoms with van der Waals surface area (Å²) in [6, 6.07) is 2.32. The summed E-state index contributed by atoms with van der Waals surface area (Å²) in [5.74, 6) is 0.928. The number of hydrogen-bond donors (Lipinski definition) is 1. The summed E-state index contributed by atoms with van der Waals surface area (Å²) < 4.78 is 0. The molecule has 2 fully saturated rings. The van der Waals surface area contributed by atoms with Gasteiger partial charge in [0.25, 0.3) is 0 Å². The van der Waals surface area contributed by atoms with Crippen molar-refractivity contribution in [2.45, 2.75) is 77.4 Å². The molecule has 2 heteroatoms. The molecule has 0 amide bonds. The van der Waals surface area contributed by atoms with Crippen LogP contribution in [0.1, 0.15) is 59.3 Å².